The van der Waals surface area contributed by atoms with Crippen molar-refractivity contribution >= 4 is 17.6 Å². The first-order valence-electron chi connectivity index (χ1n) is 8.32. The van der Waals surface area contributed by atoms with Gasteiger partial charge in [0.25, 0.3) is 5.91 Å². The molecule has 1 amide bonds. The van der Waals surface area contributed by atoms with Gasteiger partial charge in [0.15, 0.2) is 6.10 Å². The van der Waals surface area contributed by atoms with Crippen LogP contribution in [0, 0.1) is 0 Å². The number of amides is 1. The van der Waals surface area contributed by atoms with Gasteiger partial charge in [-0.15, -0.1) is 0 Å². The van der Waals surface area contributed by atoms with Gasteiger partial charge in [0, 0.05) is 5.69 Å². The molecule has 5 heteroatoms. The van der Waals surface area contributed by atoms with Gasteiger partial charge < -0.3 is 15.2 Å². The Hall–Kier alpha value is -2.82. The van der Waals surface area contributed by atoms with Gasteiger partial charge in [-0.05, 0) is 55.2 Å². The second kappa shape index (κ2) is 8.33. The van der Waals surface area contributed by atoms with E-state index in [9.17, 15) is 14.7 Å². The third kappa shape index (κ3) is 4.83. The van der Waals surface area contributed by atoms with Gasteiger partial charge in [-0.3, -0.25) is 4.79 Å². The van der Waals surface area contributed by atoms with Crippen molar-refractivity contribution in [1.82, 2.24) is 0 Å². The van der Waals surface area contributed by atoms with E-state index in [1.165, 1.54) is 31.2 Å². The normalized spacial score (nSPS) is 12.9. The van der Waals surface area contributed by atoms with E-state index in [4.69, 9.17) is 4.74 Å². The first kappa shape index (κ1) is 18.5. The van der Waals surface area contributed by atoms with Crippen LogP contribution in [0.15, 0.2) is 48.5 Å². The van der Waals surface area contributed by atoms with Crippen molar-refractivity contribution in [3.63, 3.8) is 0 Å². The van der Waals surface area contributed by atoms with Crippen molar-refractivity contribution in [1.29, 1.82) is 0 Å². The van der Waals surface area contributed by atoms with Gasteiger partial charge in [-0.25, -0.2) is 4.79 Å². The Morgan fingerprint density at radius 3 is 2.36 bits per heavy atom. The summed E-state index contributed by atoms with van der Waals surface area (Å²) in [6.07, 6.45) is 0.0180. The van der Waals surface area contributed by atoms with Crippen LogP contribution in [0.3, 0.4) is 0 Å². The summed E-state index contributed by atoms with van der Waals surface area (Å²) in [6.45, 7) is 5.71. The number of phenols is 1. The highest BCUT2D eigenvalue weighted by Gasteiger charge is 2.20. The van der Waals surface area contributed by atoms with Crippen LogP contribution in [0.1, 0.15) is 49.0 Å². The molecule has 0 fully saturated rings. The molecule has 0 aromatic heterocycles. The third-order valence-electron chi connectivity index (χ3n) is 4.12. The zero-order valence-electron chi connectivity index (χ0n) is 14.7. The van der Waals surface area contributed by atoms with Crippen LogP contribution in [-0.4, -0.2) is 23.1 Å². The highest BCUT2D eigenvalue weighted by Crippen LogP contribution is 2.26. The molecule has 0 radical (unpaired) electrons. The number of para-hydroxylation sites is 1. The molecule has 2 rings (SSSR count). The van der Waals surface area contributed by atoms with E-state index in [2.05, 4.69) is 19.2 Å². The zero-order chi connectivity index (χ0) is 18.4. The Labute approximate surface area is 147 Å². The quantitative estimate of drug-likeness (QED) is 0.776. The smallest absolute Gasteiger partial charge is 0.338 e. The predicted molar refractivity (Wildman–Crippen MR) is 96.8 cm³/mol. The van der Waals surface area contributed by atoms with E-state index < -0.39 is 12.1 Å². The fourth-order valence-electron chi connectivity index (χ4n) is 2.37. The van der Waals surface area contributed by atoms with Crippen molar-refractivity contribution in [2.45, 2.75) is 39.2 Å². The number of carbonyl (C=O) groups excluding carboxylic acids is 2. The maximum absolute atomic E-state index is 12.4. The summed E-state index contributed by atoms with van der Waals surface area (Å²) < 4.78 is 5.20. The lowest BCUT2D eigenvalue weighted by Crippen LogP contribution is -2.30. The minimum atomic E-state index is -0.939. The number of hydrogen-bond acceptors (Lipinski definition) is 4. The van der Waals surface area contributed by atoms with E-state index in [0.717, 1.165) is 17.7 Å². The summed E-state index contributed by atoms with van der Waals surface area (Å²) in [5, 5.41) is 12.1. The van der Waals surface area contributed by atoms with Crippen LogP contribution in [0.4, 0.5) is 5.69 Å². The van der Waals surface area contributed by atoms with Crippen molar-refractivity contribution in [2.75, 3.05) is 5.32 Å². The van der Waals surface area contributed by atoms with Crippen molar-refractivity contribution in [2.24, 2.45) is 0 Å². The van der Waals surface area contributed by atoms with Crippen LogP contribution in [-0.2, 0) is 9.53 Å². The number of carbonyl (C=O) groups is 2. The molecule has 132 valence electrons. The summed E-state index contributed by atoms with van der Waals surface area (Å²) in [7, 11) is 0. The third-order valence-corrected chi connectivity index (χ3v) is 4.12. The SMILES string of the molecule is CC[C@@H](C)c1ccccc1NC(=O)[C@H](C)OC(=O)c1ccc(O)cc1. The molecule has 2 aromatic carbocycles. The largest absolute Gasteiger partial charge is 0.508 e. The number of anilines is 1. The van der Waals surface area contributed by atoms with Gasteiger partial charge >= 0.3 is 5.97 Å². The first-order valence-corrected chi connectivity index (χ1v) is 8.32. The maximum atomic E-state index is 12.4. The summed E-state index contributed by atoms with van der Waals surface area (Å²) in [4.78, 5) is 24.4. The Kier molecular flexibility index (Phi) is 6.17. The minimum absolute atomic E-state index is 0.0593. The number of benzene rings is 2. The molecule has 0 heterocycles. The minimum Gasteiger partial charge on any atom is -0.508 e. The number of aromatic hydroxyl groups is 1. The summed E-state index contributed by atoms with van der Waals surface area (Å²) in [6, 6.07) is 13.3. The number of nitrogens with one attached hydrogen (secondary N) is 1. The number of rotatable bonds is 6. The van der Waals surface area contributed by atoms with Crippen LogP contribution >= 0.6 is 0 Å². The highest BCUT2D eigenvalue weighted by molar-refractivity contribution is 5.97. The molecule has 2 atom stereocenters. The molecule has 0 aliphatic rings. The molecule has 0 saturated heterocycles. The van der Waals surface area contributed by atoms with Crippen LogP contribution in [0.5, 0.6) is 5.75 Å². The molecule has 0 spiro atoms. The van der Waals surface area contributed by atoms with Crippen LogP contribution in [0.2, 0.25) is 0 Å². The number of esters is 1. The average molecular weight is 341 g/mol. The standard InChI is InChI=1S/C20H23NO4/c1-4-13(2)17-7-5-6-8-18(17)21-19(23)14(3)25-20(24)15-9-11-16(22)12-10-15/h5-14,22H,4H2,1-3H3,(H,21,23)/t13-,14+/m1/s1. The Bertz CT molecular complexity index is 740. The topological polar surface area (TPSA) is 75.6 Å². The molecule has 0 saturated carbocycles. The molecule has 25 heavy (non-hydrogen) atoms. The number of hydrogen-bond donors (Lipinski definition) is 2. The Morgan fingerprint density at radius 1 is 1.08 bits per heavy atom. The van der Waals surface area contributed by atoms with E-state index in [-0.39, 0.29) is 17.2 Å². The van der Waals surface area contributed by atoms with Crippen LogP contribution < -0.4 is 5.32 Å². The lowest BCUT2D eigenvalue weighted by molar-refractivity contribution is -0.123. The second-order valence-electron chi connectivity index (χ2n) is 5.98. The predicted octanol–water partition coefficient (Wildman–Crippen LogP) is 4.09. The van der Waals surface area contributed by atoms with Gasteiger partial charge in [0.2, 0.25) is 0 Å². The Morgan fingerprint density at radius 2 is 1.72 bits per heavy atom. The van der Waals surface area contributed by atoms with Gasteiger partial charge in [-0.1, -0.05) is 32.0 Å². The zero-order valence-corrected chi connectivity index (χ0v) is 14.7. The van der Waals surface area contributed by atoms with Gasteiger partial charge in [0.05, 0.1) is 5.56 Å². The highest BCUT2D eigenvalue weighted by atomic mass is 16.5. The van der Waals surface area contributed by atoms with E-state index in [0.29, 0.717) is 5.92 Å². The van der Waals surface area contributed by atoms with Crippen molar-refractivity contribution < 1.29 is 19.4 Å². The van der Waals surface area contributed by atoms with E-state index in [1.54, 1.807) is 0 Å². The Balaban J connectivity index is 2.03. The number of phenolic OH excluding ortho intramolecular Hbond substituents is 1. The van der Waals surface area contributed by atoms with Gasteiger partial charge in [0.1, 0.15) is 5.75 Å². The van der Waals surface area contributed by atoms with Crippen molar-refractivity contribution in [3.8, 4) is 5.75 Å². The molecule has 0 unspecified atom stereocenters. The fraction of sp³-hybridized carbons (Fsp3) is 0.300. The molecule has 2 N–H and O–H groups in total. The maximum Gasteiger partial charge on any atom is 0.338 e. The van der Waals surface area contributed by atoms with Crippen molar-refractivity contribution in [3.05, 3.63) is 59.7 Å². The fourth-order valence-corrected chi connectivity index (χ4v) is 2.37. The molecule has 2 aromatic rings. The lowest BCUT2D eigenvalue weighted by atomic mass is 9.97. The molecular weight excluding hydrogens is 318 g/mol. The monoisotopic (exact) mass is 341 g/mol. The molecular formula is C20H23NO4. The summed E-state index contributed by atoms with van der Waals surface area (Å²) >= 11 is 0. The van der Waals surface area contributed by atoms with Gasteiger partial charge in [-0.2, -0.15) is 0 Å². The molecule has 0 aliphatic heterocycles. The molecule has 0 aliphatic carbocycles. The first-order chi connectivity index (χ1) is 11.9. The summed E-state index contributed by atoms with van der Waals surface area (Å²) in [5.74, 6) is -0.629. The van der Waals surface area contributed by atoms with Crippen LogP contribution in [0.25, 0.3) is 0 Å². The molecule has 5 nitrogen and oxygen atoms in total. The van der Waals surface area contributed by atoms with E-state index in [1.807, 2.05) is 24.3 Å². The van der Waals surface area contributed by atoms with E-state index >= 15 is 0 Å². The second-order valence-corrected chi connectivity index (χ2v) is 5.98. The number of ether oxygens (including phenoxy) is 1. The average Bonchev–Trinajstić information content (AvgIpc) is 2.61. The lowest BCUT2D eigenvalue weighted by Gasteiger charge is -2.18. The molecule has 0 bridgehead atoms. The summed E-state index contributed by atoms with van der Waals surface area (Å²) in [5.41, 5.74) is 2.06.